The van der Waals surface area contributed by atoms with Gasteiger partial charge in [0.1, 0.15) is 0 Å². The van der Waals surface area contributed by atoms with Crippen LogP contribution >= 0.6 is 0 Å². The van der Waals surface area contributed by atoms with Crippen LogP contribution in [0.3, 0.4) is 0 Å². The first kappa shape index (κ1) is 19.0. The molecule has 0 saturated carbocycles. The van der Waals surface area contributed by atoms with Crippen molar-refractivity contribution in [3.8, 4) is 0 Å². The second-order valence-electron chi connectivity index (χ2n) is 6.58. The van der Waals surface area contributed by atoms with E-state index in [1.165, 1.54) is 0 Å². The molecule has 1 aliphatic carbocycles. The first-order chi connectivity index (χ1) is 13.1. The molecule has 6 heteroatoms. The number of unbranched alkanes of at least 4 members (excludes halogenated alkanes) is 1. The number of ether oxygens (including phenoxy) is 1. The molecule has 2 atom stereocenters. The Morgan fingerprint density at radius 1 is 1.26 bits per heavy atom. The summed E-state index contributed by atoms with van der Waals surface area (Å²) in [5.74, 6) is -2.05. The molecule has 0 bridgehead atoms. The third-order valence-electron chi connectivity index (χ3n) is 4.59. The zero-order chi connectivity index (χ0) is 19.2. The number of carbonyl (C=O) groups excluding carboxylic acids is 3. The maximum absolute atomic E-state index is 12.6. The number of imide groups is 1. The van der Waals surface area contributed by atoms with E-state index in [9.17, 15) is 14.4 Å². The molecule has 1 heterocycles. The lowest BCUT2D eigenvalue weighted by Crippen LogP contribution is -2.40. The van der Waals surface area contributed by atoms with E-state index in [4.69, 9.17) is 9.57 Å². The van der Waals surface area contributed by atoms with Gasteiger partial charge in [0.2, 0.25) is 0 Å². The Kier molecular flexibility index (Phi) is 6.19. The van der Waals surface area contributed by atoms with Crippen molar-refractivity contribution in [2.24, 2.45) is 5.92 Å². The largest absolute Gasteiger partial charge is 0.464 e. The fourth-order valence-electron chi connectivity index (χ4n) is 3.07. The van der Waals surface area contributed by atoms with Crippen LogP contribution in [0.1, 0.15) is 31.7 Å². The first-order valence-corrected chi connectivity index (χ1v) is 9.24. The number of carbonyl (C=O) groups is 3. The molecule has 1 aliphatic heterocycles. The molecule has 1 fully saturated rings. The lowest BCUT2D eigenvalue weighted by molar-refractivity contribution is -0.210. The monoisotopic (exact) mass is 369 g/mol. The maximum Gasteiger partial charge on any atom is 0.338 e. The van der Waals surface area contributed by atoms with Crippen LogP contribution in [-0.2, 0) is 30.4 Å². The molecule has 1 saturated heterocycles. The highest BCUT2D eigenvalue weighted by Gasteiger charge is 2.46. The molecule has 6 nitrogen and oxygen atoms in total. The number of hydroxylamine groups is 2. The summed E-state index contributed by atoms with van der Waals surface area (Å²) in [6.45, 7) is 2.28. The number of allylic oxidation sites excluding steroid dienone is 3. The van der Waals surface area contributed by atoms with Gasteiger partial charge in [0.05, 0.1) is 12.5 Å². The molecule has 0 N–H and O–H groups in total. The van der Waals surface area contributed by atoms with Gasteiger partial charge in [-0.2, -0.15) is 0 Å². The van der Waals surface area contributed by atoms with E-state index in [1.54, 1.807) is 12.2 Å². The van der Waals surface area contributed by atoms with Gasteiger partial charge in [-0.15, -0.1) is 5.06 Å². The Balaban J connectivity index is 1.75. The molecule has 2 amide bonds. The van der Waals surface area contributed by atoms with Crippen LogP contribution in [0.4, 0.5) is 0 Å². The van der Waals surface area contributed by atoms with E-state index in [-0.39, 0.29) is 13.0 Å². The topological polar surface area (TPSA) is 72.9 Å². The Labute approximate surface area is 158 Å². The maximum atomic E-state index is 12.6. The molecule has 27 heavy (non-hydrogen) atoms. The van der Waals surface area contributed by atoms with E-state index in [2.05, 4.69) is 0 Å². The summed E-state index contributed by atoms with van der Waals surface area (Å²) in [5, 5.41) is 0.734. The van der Waals surface area contributed by atoms with E-state index >= 15 is 0 Å². The summed E-state index contributed by atoms with van der Waals surface area (Å²) in [5.41, 5.74) is 1.26. The summed E-state index contributed by atoms with van der Waals surface area (Å²) in [7, 11) is 0. The summed E-state index contributed by atoms with van der Waals surface area (Å²) < 4.78 is 5.28. The minimum atomic E-state index is -1.06. The van der Waals surface area contributed by atoms with Crippen molar-refractivity contribution in [2.75, 3.05) is 6.61 Å². The fraction of sp³-hybridized carbons (Fsp3) is 0.381. The third kappa shape index (κ3) is 4.34. The van der Waals surface area contributed by atoms with E-state index in [0.29, 0.717) is 12.0 Å². The van der Waals surface area contributed by atoms with Crippen LogP contribution in [0.5, 0.6) is 0 Å². The van der Waals surface area contributed by atoms with Gasteiger partial charge >= 0.3 is 5.97 Å². The third-order valence-corrected chi connectivity index (χ3v) is 4.59. The Hall–Kier alpha value is -2.73. The van der Waals surface area contributed by atoms with E-state index < -0.39 is 29.8 Å². The number of amides is 2. The van der Waals surface area contributed by atoms with Gasteiger partial charge in [-0.3, -0.25) is 9.59 Å². The van der Waals surface area contributed by atoms with Gasteiger partial charge in [-0.1, -0.05) is 61.9 Å². The van der Waals surface area contributed by atoms with Crippen molar-refractivity contribution in [1.82, 2.24) is 5.06 Å². The van der Waals surface area contributed by atoms with Crippen LogP contribution in [0.15, 0.2) is 54.1 Å². The van der Waals surface area contributed by atoms with Gasteiger partial charge in [0, 0.05) is 12.0 Å². The summed E-state index contributed by atoms with van der Waals surface area (Å²) in [4.78, 5) is 43.3. The number of benzene rings is 1. The van der Waals surface area contributed by atoms with Crippen molar-refractivity contribution in [1.29, 1.82) is 0 Å². The molecule has 0 radical (unpaired) electrons. The molecule has 2 aliphatic rings. The SMILES string of the molecule is CCCCOC(=O)[C@H](Cc1ccccc1)ON1C(=O)C2=CC=CCC2C1=O. The van der Waals surface area contributed by atoms with Crippen molar-refractivity contribution in [2.45, 2.75) is 38.7 Å². The van der Waals surface area contributed by atoms with Gasteiger partial charge < -0.3 is 4.74 Å². The van der Waals surface area contributed by atoms with E-state index in [0.717, 1.165) is 23.5 Å². The number of hydrogen-bond acceptors (Lipinski definition) is 5. The lowest BCUT2D eigenvalue weighted by Gasteiger charge is -2.21. The Morgan fingerprint density at radius 3 is 2.74 bits per heavy atom. The summed E-state index contributed by atoms with van der Waals surface area (Å²) in [6.07, 6.45) is 6.46. The molecule has 142 valence electrons. The van der Waals surface area contributed by atoms with Crippen LogP contribution in [-0.4, -0.2) is 35.6 Å². The lowest BCUT2D eigenvalue weighted by atomic mass is 9.94. The summed E-state index contributed by atoms with van der Waals surface area (Å²) in [6, 6.07) is 9.29. The number of rotatable bonds is 8. The number of hydrogen-bond donors (Lipinski definition) is 0. The average molecular weight is 369 g/mol. The number of esters is 1. The van der Waals surface area contributed by atoms with Gasteiger partial charge in [-0.25, -0.2) is 9.63 Å². The number of nitrogens with zero attached hydrogens (tertiary/aromatic N) is 1. The van der Waals surface area contributed by atoms with Gasteiger partial charge in [0.15, 0.2) is 6.10 Å². The van der Waals surface area contributed by atoms with Crippen molar-refractivity contribution in [3.05, 3.63) is 59.7 Å². The van der Waals surface area contributed by atoms with Crippen LogP contribution in [0.25, 0.3) is 0 Å². The highest BCUT2D eigenvalue weighted by atomic mass is 16.7. The normalized spacial score (nSPS) is 19.7. The molecular weight excluding hydrogens is 346 g/mol. The van der Waals surface area contributed by atoms with Crippen LogP contribution in [0.2, 0.25) is 0 Å². The molecule has 0 spiro atoms. The fourth-order valence-corrected chi connectivity index (χ4v) is 3.07. The average Bonchev–Trinajstić information content (AvgIpc) is 2.93. The van der Waals surface area contributed by atoms with E-state index in [1.807, 2.05) is 43.3 Å². The Morgan fingerprint density at radius 2 is 2.04 bits per heavy atom. The molecule has 3 rings (SSSR count). The highest BCUT2D eigenvalue weighted by molar-refractivity contribution is 6.14. The smallest absolute Gasteiger partial charge is 0.338 e. The molecular formula is C21H23NO5. The predicted octanol–water partition coefficient (Wildman–Crippen LogP) is 2.74. The molecule has 1 aromatic carbocycles. The molecule has 1 unspecified atom stereocenters. The summed E-state index contributed by atoms with van der Waals surface area (Å²) >= 11 is 0. The van der Waals surface area contributed by atoms with Crippen molar-refractivity contribution < 1.29 is 24.0 Å². The molecule has 0 aromatic heterocycles. The van der Waals surface area contributed by atoms with Crippen LogP contribution in [0, 0.1) is 5.92 Å². The zero-order valence-electron chi connectivity index (χ0n) is 15.3. The first-order valence-electron chi connectivity index (χ1n) is 9.24. The van der Waals surface area contributed by atoms with Crippen molar-refractivity contribution in [3.63, 3.8) is 0 Å². The quantitative estimate of drug-likeness (QED) is 0.400. The van der Waals surface area contributed by atoms with Gasteiger partial charge in [-0.05, 0) is 18.4 Å². The number of fused-ring (bicyclic) bond motifs is 1. The predicted molar refractivity (Wildman–Crippen MR) is 98.1 cm³/mol. The highest BCUT2D eigenvalue weighted by Crippen LogP contribution is 2.32. The van der Waals surface area contributed by atoms with Gasteiger partial charge in [0.25, 0.3) is 11.8 Å². The zero-order valence-corrected chi connectivity index (χ0v) is 15.3. The standard InChI is InChI=1S/C21H23NO5/c1-2-3-13-26-21(25)18(14-15-9-5-4-6-10-15)27-22-19(23)16-11-7-8-12-17(16)20(22)24/h4-11,17-18H,2-3,12-14H2,1H3/t17?,18-/m0/s1. The Bertz CT molecular complexity index is 768. The second kappa shape index (κ2) is 8.77. The van der Waals surface area contributed by atoms with Crippen molar-refractivity contribution >= 4 is 17.8 Å². The van der Waals surface area contributed by atoms with Crippen LogP contribution < -0.4 is 0 Å². The minimum Gasteiger partial charge on any atom is -0.464 e. The second-order valence-corrected chi connectivity index (χ2v) is 6.58. The molecule has 1 aromatic rings. The minimum absolute atomic E-state index is 0.213.